The van der Waals surface area contributed by atoms with Crippen LogP contribution in [0.2, 0.25) is 5.02 Å². The van der Waals surface area contributed by atoms with E-state index in [0.29, 0.717) is 23.8 Å². The predicted molar refractivity (Wildman–Crippen MR) is 101 cm³/mol. The van der Waals surface area contributed by atoms with Crippen LogP contribution in [0.1, 0.15) is 22.6 Å². The lowest BCUT2D eigenvalue weighted by atomic mass is 10.1. The molecule has 0 aliphatic carbocycles. The minimum absolute atomic E-state index is 0.142. The molecule has 0 unspecified atom stereocenters. The second kappa shape index (κ2) is 8.25. The second-order valence-electron chi connectivity index (χ2n) is 6.29. The van der Waals surface area contributed by atoms with E-state index in [1.807, 2.05) is 55.1 Å². The summed E-state index contributed by atoms with van der Waals surface area (Å²) in [5, 5.41) is 3.46. The number of furan rings is 2. The molecule has 26 heavy (non-hydrogen) atoms. The van der Waals surface area contributed by atoms with E-state index in [1.54, 1.807) is 12.5 Å². The maximum absolute atomic E-state index is 12.6. The Balaban J connectivity index is 1.70. The number of amides is 1. The number of carbonyl (C=O) groups excluding carboxylic acids is 1. The summed E-state index contributed by atoms with van der Waals surface area (Å²) in [4.78, 5) is 14.5. The highest BCUT2D eigenvalue weighted by Gasteiger charge is 2.16. The summed E-state index contributed by atoms with van der Waals surface area (Å²) in [6.45, 7) is 5.09. The van der Waals surface area contributed by atoms with E-state index in [9.17, 15) is 4.79 Å². The largest absolute Gasteiger partial charge is 0.468 e. The smallest absolute Gasteiger partial charge is 0.238 e. The Labute approximate surface area is 157 Å². The van der Waals surface area contributed by atoms with E-state index in [0.717, 1.165) is 22.6 Å². The topological polar surface area (TPSA) is 58.6 Å². The molecule has 5 nitrogen and oxygen atoms in total. The van der Waals surface area contributed by atoms with Gasteiger partial charge >= 0.3 is 0 Å². The molecular weight excluding hydrogens is 352 g/mol. The number of nitrogens with one attached hydrogen (secondary N) is 1. The molecule has 0 radical (unpaired) electrons. The Bertz CT molecular complexity index is 798. The van der Waals surface area contributed by atoms with Crippen LogP contribution in [0.4, 0.5) is 5.69 Å². The number of nitrogens with zero attached hydrogens (tertiary/aromatic N) is 1. The van der Waals surface area contributed by atoms with Gasteiger partial charge in [0.2, 0.25) is 5.91 Å². The van der Waals surface area contributed by atoms with E-state index < -0.39 is 0 Å². The Morgan fingerprint density at radius 3 is 2.19 bits per heavy atom. The molecule has 2 heterocycles. The van der Waals surface area contributed by atoms with Gasteiger partial charge in [-0.2, -0.15) is 0 Å². The highest BCUT2D eigenvalue weighted by Crippen LogP contribution is 2.27. The van der Waals surface area contributed by atoms with Crippen LogP contribution in [0.25, 0.3) is 0 Å². The molecule has 2 aromatic heterocycles. The fourth-order valence-electron chi connectivity index (χ4n) is 2.87. The van der Waals surface area contributed by atoms with Gasteiger partial charge in [-0.25, -0.2) is 0 Å². The summed E-state index contributed by atoms with van der Waals surface area (Å²) >= 11 is 6.29. The first kappa shape index (κ1) is 18.3. The minimum atomic E-state index is -0.142. The number of rotatable bonds is 7. The Morgan fingerprint density at radius 2 is 1.69 bits per heavy atom. The summed E-state index contributed by atoms with van der Waals surface area (Å²) in [6, 6.07) is 11.3. The molecule has 6 heteroatoms. The SMILES string of the molecule is Cc1cc(C)c(NC(=O)CN(Cc2ccco2)Cc2ccco2)c(Cl)c1. The van der Waals surface area contributed by atoms with Crippen LogP contribution in [0.15, 0.2) is 57.8 Å². The quantitative estimate of drug-likeness (QED) is 0.648. The van der Waals surface area contributed by atoms with Gasteiger partial charge < -0.3 is 14.2 Å². The average Bonchev–Trinajstić information content (AvgIpc) is 3.24. The molecule has 0 saturated carbocycles. The van der Waals surface area contributed by atoms with Gasteiger partial charge in [0.1, 0.15) is 11.5 Å². The highest BCUT2D eigenvalue weighted by atomic mass is 35.5. The average molecular weight is 373 g/mol. The molecule has 0 bridgehead atoms. The van der Waals surface area contributed by atoms with Crippen molar-refractivity contribution in [2.45, 2.75) is 26.9 Å². The van der Waals surface area contributed by atoms with Crippen molar-refractivity contribution in [3.05, 3.63) is 76.6 Å². The predicted octanol–water partition coefficient (Wildman–Crippen LogP) is 4.78. The second-order valence-corrected chi connectivity index (χ2v) is 6.70. The van der Waals surface area contributed by atoms with Crippen molar-refractivity contribution in [1.29, 1.82) is 0 Å². The van der Waals surface area contributed by atoms with Crippen LogP contribution in [0, 0.1) is 13.8 Å². The summed E-state index contributed by atoms with van der Waals surface area (Å²) in [5.74, 6) is 1.43. The van der Waals surface area contributed by atoms with Crippen molar-refractivity contribution < 1.29 is 13.6 Å². The zero-order valence-electron chi connectivity index (χ0n) is 14.8. The number of carbonyl (C=O) groups is 1. The molecule has 0 aliphatic rings. The standard InChI is InChI=1S/C20H21ClN2O3/c1-14-9-15(2)20(18(21)10-14)22-19(24)13-23(11-16-5-3-7-25-16)12-17-6-4-8-26-17/h3-10H,11-13H2,1-2H3,(H,22,24). The molecule has 0 fully saturated rings. The lowest BCUT2D eigenvalue weighted by molar-refractivity contribution is -0.117. The van der Waals surface area contributed by atoms with Crippen LogP contribution in [-0.4, -0.2) is 17.4 Å². The van der Waals surface area contributed by atoms with Gasteiger partial charge in [-0.1, -0.05) is 17.7 Å². The molecule has 136 valence electrons. The van der Waals surface area contributed by atoms with Gasteiger partial charge in [-0.15, -0.1) is 0 Å². The fourth-order valence-corrected chi connectivity index (χ4v) is 3.24. The monoisotopic (exact) mass is 372 g/mol. The molecule has 0 spiro atoms. The lowest BCUT2D eigenvalue weighted by Gasteiger charge is -2.20. The maximum atomic E-state index is 12.6. The van der Waals surface area contributed by atoms with Gasteiger partial charge in [-0.3, -0.25) is 9.69 Å². The van der Waals surface area contributed by atoms with Crippen LogP contribution in [-0.2, 0) is 17.9 Å². The van der Waals surface area contributed by atoms with Crippen LogP contribution < -0.4 is 5.32 Å². The van der Waals surface area contributed by atoms with Gasteiger partial charge in [0.15, 0.2) is 0 Å². The Morgan fingerprint density at radius 1 is 1.08 bits per heavy atom. The number of anilines is 1. The van der Waals surface area contributed by atoms with Gasteiger partial charge in [0.05, 0.1) is 42.9 Å². The van der Waals surface area contributed by atoms with Crippen molar-refractivity contribution >= 4 is 23.2 Å². The highest BCUT2D eigenvalue weighted by molar-refractivity contribution is 6.34. The first-order chi connectivity index (χ1) is 12.5. The van der Waals surface area contributed by atoms with E-state index >= 15 is 0 Å². The number of hydrogen-bond donors (Lipinski definition) is 1. The summed E-state index contributed by atoms with van der Waals surface area (Å²) in [5.41, 5.74) is 2.65. The third kappa shape index (κ3) is 4.77. The van der Waals surface area contributed by atoms with Gasteiger partial charge in [0.25, 0.3) is 0 Å². The van der Waals surface area contributed by atoms with Crippen molar-refractivity contribution in [3.8, 4) is 0 Å². The van der Waals surface area contributed by atoms with Crippen LogP contribution in [0.5, 0.6) is 0 Å². The summed E-state index contributed by atoms with van der Waals surface area (Å²) in [6.07, 6.45) is 3.24. The molecule has 0 aliphatic heterocycles. The van der Waals surface area contributed by atoms with E-state index in [2.05, 4.69) is 5.32 Å². The van der Waals surface area contributed by atoms with Crippen molar-refractivity contribution in [2.24, 2.45) is 0 Å². The Hall–Kier alpha value is -2.50. The molecule has 0 saturated heterocycles. The molecule has 1 N–H and O–H groups in total. The molecule has 3 rings (SSSR count). The third-order valence-corrected chi connectivity index (χ3v) is 4.28. The van der Waals surface area contributed by atoms with Crippen molar-refractivity contribution in [1.82, 2.24) is 4.90 Å². The maximum Gasteiger partial charge on any atom is 0.238 e. The number of aryl methyl sites for hydroxylation is 2. The van der Waals surface area contributed by atoms with Crippen LogP contribution >= 0.6 is 11.6 Å². The summed E-state index contributed by atoms with van der Waals surface area (Å²) < 4.78 is 10.8. The van der Waals surface area contributed by atoms with Gasteiger partial charge in [0, 0.05) is 0 Å². The number of hydrogen-bond acceptors (Lipinski definition) is 4. The zero-order valence-corrected chi connectivity index (χ0v) is 15.5. The number of benzene rings is 1. The van der Waals surface area contributed by atoms with E-state index in [1.165, 1.54) is 0 Å². The molecule has 3 aromatic rings. The molecular formula is C20H21ClN2O3. The first-order valence-corrected chi connectivity index (χ1v) is 8.73. The Kier molecular flexibility index (Phi) is 5.81. The van der Waals surface area contributed by atoms with Gasteiger partial charge in [-0.05, 0) is 55.3 Å². The summed E-state index contributed by atoms with van der Waals surface area (Å²) in [7, 11) is 0. The normalized spacial score (nSPS) is 11.1. The van der Waals surface area contributed by atoms with Crippen molar-refractivity contribution in [2.75, 3.05) is 11.9 Å². The third-order valence-electron chi connectivity index (χ3n) is 3.98. The first-order valence-electron chi connectivity index (χ1n) is 8.35. The molecule has 1 aromatic carbocycles. The molecule has 1 amide bonds. The minimum Gasteiger partial charge on any atom is -0.468 e. The van der Waals surface area contributed by atoms with Crippen molar-refractivity contribution in [3.63, 3.8) is 0 Å². The number of halogens is 1. The fraction of sp³-hybridized carbons (Fsp3) is 0.250. The zero-order chi connectivity index (χ0) is 18.5. The van der Waals surface area contributed by atoms with E-state index in [-0.39, 0.29) is 12.5 Å². The van der Waals surface area contributed by atoms with Crippen LogP contribution in [0.3, 0.4) is 0 Å². The lowest BCUT2D eigenvalue weighted by Crippen LogP contribution is -2.32. The van der Waals surface area contributed by atoms with E-state index in [4.69, 9.17) is 20.4 Å². The molecule has 0 atom stereocenters.